The van der Waals surface area contributed by atoms with E-state index in [1.54, 1.807) is 12.1 Å². The maximum absolute atomic E-state index is 9.57. The average molecular weight is 408 g/mol. The molecule has 8 heteroatoms. The zero-order chi connectivity index (χ0) is 19.6. The lowest BCUT2D eigenvalue weighted by molar-refractivity contribution is 0.258. The quantitative estimate of drug-likeness (QED) is 0.489. The molecule has 0 fully saturated rings. The third kappa shape index (κ3) is 5.83. The van der Waals surface area contributed by atoms with Gasteiger partial charge in [-0.1, -0.05) is 23.2 Å². The molecule has 27 heavy (non-hydrogen) atoms. The Labute approximate surface area is 168 Å². The molecule has 2 rings (SSSR count). The second kappa shape index (κ2) is 10.7. The molecule has 0 spiro atoms. The summed E-state index contributed by atoms with van der Waals surface area (Å²) in [5, 5.41) is 19.1. The van der Waals surface area contributed by atoms with Crippen LogP contribution in [0.5, 0.6) is 11.6 Å². The summed E-state index contributed by atoms with van der Waals surface area (Å²) in [6.45, 7) is 0.617. The predicted octanol–water partition coefficient (Wildman–Crippen LogP) is 4.40. The zero-order valence-electron chi connectivity index (χ0n) is 14.8. The summed E-state index contributed by atoms with van der Waals surface area (Å²) in [7, 11) is 1.50. The fourth-order valence-corrected chi connectivity index (χ4v) is 2.77. The van der Waals surface area contributed by atoms with Crippen LogP contribution in [0, 0.1) is 11.3 Å². The van der Waals surface area contributed by atoms with Gasteiger partial charge in [-0.2, -0.15) is 5.26 Å². The number of nitrogens with zero attached hydrogens (tertiary/aromatic N) is 3. The van der Waals surface area contributed by atoms with Gasteiger partial charge >= 0.3 is 0 Å². The number of aliphatic hydroxyl groups is 1. The summed E-state index contributed by atoms with van der Waals surface area (Å²) in [6, 6.07) is 3.82. The van der Waals surface area contributed by atoms with Gasteiger partial charge in [-0.05, 0) is 31.4 Å². The van der Waals surface area contributed by atoms with E-state index in [1.807, 2.05) is 0 Å². The van der Waals surface area contributed by atoms with Crippen molar-refractivity contribution in [1.82, 2.24) is 9.97 Å². The van der Waals surface area contributed by atoms with Gasteiger partial charge in [0.2, 0.25) is 0 Å². The van der Waals surface area contributed by atoms with E-state index in [-0.39, 0.29) is 6.61 Å². The zero-order valence-corrected chi connectivity index (χ0v) is 16.3. The first-order chi connectivity index (χ1) is 13.1. The SMILES string of the molecule is COc1ncc(C(C#N)=Cc2c(Cl)cncc2Cl)cc1OCCCCCO. The number of halogens is 2. The normalized spacial score (nSPS) is 11.1. The lowest BCUT2D eigenvalue weighted by atomic mass is 10.1. The van der Waals surface area contributed by atoms with Crippen LogP contribution in [0.4, 0.5) is 0 Å². The molecule has 0 amide bonds. The van der Waals surface area contributed by atoms with Gasteiger partial charge in [0.1, 0.15) is 0 Å². The molecule has 2 aromatic rings. The van der Waals surface area contributed by atoms with Crippen LogP contribution in [0.25, 0.3) is 11.6 Å². The molecular formula is C19H19Cl2N3O3. The Hall–Kier alpha value is -2.33. The molecule has 0 aliphatic rings. The smallest absolute Gasteiger partial charge is 0.256 e. The highest BCUT2D eigenvalue weighted by Gasteiger charge is 2.12. The molecule has 0 aliphatic heterocycles. The summed E-state index contributed by atoms with van der Waals surface area (Å²) < 4.78 is 11.0. The average Bonchev–Trinajstić information content (AvgIpc) is 2.67. The van der Waals surface area contributed by atoms with E-state index >= 15 is 0 Å². The van der Waals surface area contributed by atoms with Crippen LogP contribution in [-0.2, 0) is 0 Å². The fourth-order valence-electron chi connectivity index (χ4n) is 2.29. The molecular weight excluding hydrogens is 389 g/mol. The molecule has 2 aromatic heterocycles. The number of ether oxygens (including phenoxy) is 2. The molecule has 0 radical (unpaired) electrons. The highest BCUT2D eigenvalue weighted by atomic mass is 35.5. The van der Waals surface area contributed by atoms with Gasteiger partial charge in [0, 0.05) is 36.3 Å². The summed E-state index contributed by atoms with van der Waals surface area (Å²) in [6.07, 6.45) is 8.40. The monoisotopic (exact) mass is 407 g/mol. The first-order valence-corrected chi connectivity index (χ1v) is 9.05. The molecule has 142 valence electrons. The summed E-state index contributed by atoms with van der Waals surface area (Å²) in [4.78, 5) is 8.11. The van der Waals surface area contributed by atoms with Gasteiger partial charge < -0.3 is 14.6 Å². The van der Waals surface area contributed by atoms with Gasteiger partial charge in [-0.3, -0.25) is 4.98 Å². The number of allylic oxidation sites excluding steroid dienone is 1. The molecule has 0 saturated heterocycles. The lowest BCUT2D eigenvalue weighted by Crippen LogP contribution is -2.02. The third-order valence-electron chi connectivity index (χ3n) is 3.68. The van der Waals surface area contributed by atoms with Crippen molar-refractivity contribution in [3.8, 4) is 17.7 Å². The maximum atomic E-state index is 9.57. The van der Waals surface area contributed by atoms with Crippen molar-refractivity contribution in [2.75, 3.05) is 20.3 Å². The van der Waals surface area contributed by atoms with E-state index < -0.39 is 0 Å². The van der Waals surface area contributed by atoms with Crippen molar-refractivity contribution in [3.05, 3.63) is 45.8 Å². The van der Waals surface area contributed by atoms with Crippen molar-refractivity contribution in [2.24, 2.45) is 0 Å². The minimum Gasteiger partial charge on any atom is -0.488 e. The number of hydrogen-bond donors (Lipinski definition) is 1. The number of unbranched alkanes of at least 4 members (excludes halogenated alkanes) is 2. The summed E-state index contributed by atoms with van der Waals surface area (Å²) >= 11 is 12.3. The standard InChI is InChI=1S/C19H19Cl2N3O3/c1-26-19-18(27-6-4-2-3-5-25)8-14(10-24-19)13(9-22)7-15-16(20)11-23-12-17(15)21/h7-8,10-12,25H,2-6H2,1H3. The first-order valence-electron chi connectivity index (χ1n) is 8.29. The van der Waals surface area contributed by atoms with Gasteiger partial charge in [0.15, 0.2) is 5.75 Å². The fraction of sp³-hybridized carbons (Fsp3) is 0.316. The van der Waals surface area contributed by atoms with E-state index in [1.165, 1.54) is 25.7 Å². The Morgan fingerprint density at radius 3 is 2.59 bits per heavy atom. The first kappa shape index (κ1) is 21.0. The van der Waals surface area contributed by atoms with Crippen molar-refractivity contribution in [1.29, 1.82) is 5.26 Å². The topological polar surface area (TPSA) is 88.3 Å². The lowest BCUT2D eigenvalue weighted by Gasteiger charge is -2.11. The van der Waals surface area contributed by atoms with E-state index in [4.69, 9.17) is 37.8 Å². The number of hydrogen-bond acceptors (Lipinski definition) is 6. The second-order valence-electron chi connectivity index (χ2n) is 5.55. The van der Waals surface area contributed by atoms with Crippen molar-refractivity contribution in [2.45, 2.75) is 19.3 Å². The molecule has 0 aliphatic carbocycles. The second-order valence-corrected chi connectivity index (χ2v) is 6.37. The van der Waals surface area contributed by atoms with E-state index in [9.17, 15) is 5.26 Å². The molecule has 0 bridgehead atoms. The molecule has 1 N–H and O–H groups in total. The van der Waals surface area contributed by atoms with Crippen molar-refractivity contribution >= 4 is 34.9 Å². The predicted molar refractivity (Wildman–Crippen MR) is 105 cm³/mol. The van der Waals surface area contributed by atoms with Crippen LogP contribution >= 0.6 is 23.2 Å². The van der Waals surface area contributed by atoms with Crippen LogP contribution in [0.3, 0.4) is 0 Å². The maximum Gasteiger partial charge on any atom is 0.256 e. The molecule has 0 aromatic carbocycles. The third-order valence-corrected chi connectivity index (χ3v) is 4.28. The Balaban J connectivity index is 2.29. The van der Waals surface area contributed by atoms with Gasteiger partial charge in [0.05, 0.1) is 35.4 Å². The molecule has 0 saturated carbocycles. The Morgan fingerprint density at radius 2 is 1.96 bits per heavy atom. The number of aliphatic hydroxyl groups excluding tert-OH is 1. The van der Waals surface area contributed by atoms with Crippen LogP contribution in [0.2, 0.25) is 10.0 Å². The Kier molecular flexibility index (Phi) is 8.34. The number of aromatic nitrogens is 2. The largest absolute Gasteiger partial charge is 0.488 e. The number of nitriles is 1. The van der Waals surface area contributed by atoms with Crippen molar-refractivity contribution < 1.29 is 14.6 Å². The highest BCUT2D eigenvalue weighted by molar-refractivity contribution is 6.37. The molecule has 6 nitrogen and oxygen atoms in total. The van der Waals surface area contributed by atoms with Crippen LogP contribution in [0.15, 0.2) is 24.7 Å². The van der Waals surface area contributed by atoms with Gasteiger partial charge in [-0.25, -0.2) is 4.98 Å². The van der Waals surface area contributed by atoms with Crippen LogP contribution in [0.1, 0.15) is 30.4 Å². The van der Waals surface area contributed by atoms with Gasteiger partial charge in [0.25, 0.3) is 5.88 Å². The molecule has 0 unspecified atom stereocenters. The molecule has 2 heterocycles. The Morgan fingerprint density at radius 1 is 1.22 bits per heavy atom. The van der Waals surface area contributed by atoms with E-state index in [0.717, 1.165) is 19.3 Å². The van der Waals surface area contributed by atoms with Gasteiger partial charge in [-0.15, -0.1) is 0 Å². The van der Waals surface area contributed by atoms with Crippen LogP contribution < -0.4 is 9.47 Å². The summed E-state index contributed by atoms with van der Waals surface area (Å²) in [5.41, 5.74) is 1.38. The molecule has 0 atom stereocenters. The van der Waals surface area contributed by atoms with Crippen molar-refractivity contribution in [3.63, 3.8) is 0 Å². The minimum absolute atomic E-state index is 0.164. The van der Waals surface area contributed by atoms with E-state index in [2.05, 4.69) is 16.0 Å². The van der Waals surface area contributed by atoms with E-state index in [0.29, 0.717) is 45.0 Å². The number of methoxy groups -OCH3 is 1. The van der Waals surface area contributed by atoms with Crippen LogP contribution in [-0.4, -0.2) is 35.4 Å². The number of rotatable bonds is 9. The Bertz CT molecular complexity index is 830. The summed E-state index contributed by atoms with van der Waals surface area (Å²) in [5.74, 6) is 0.769. The number of pyridine rings is 2. The highest BCUT2D eigenvalue weighted by Crippen LogP contribution is 2.31. The minimum atomic E-state index is 0.164.